The van der Waals surface area contributed by atoms with E-state index in [2.05, 4.69) is 10.6 Å². The molecule has 0 spiro atoms. The zero-order chi connectivity index (χ0) is 17.6. The highest BCUT2D eigenvalue weighted by Gasteiger charge is 2.26. The number of carbonyl (C=O) groups is 2. The Morgan fingerprint density at radius 1 is 1.16 bits per heavy atom. The van der Waals surface area contributed by atoms with Gasteiger partial charge in [-0.1, -0.05) is 48.5 Å². The van der Waals surface area contributed by atoms with Gasteiger partial charge in [-0.05, 0) is 18.1 Å². The van der Waals surface area contributed by atoms with Crippen LogP contribution in [-0.2, 0) is 11.2 Å². The zero-order valence-electron chi connectivity index (χ0n) is 13.7. The van der Waals surface area contributed by atoms with Gasteiger partial charge < -0.3 is 10.6 Å². The number of imide groups is 1. The van der Waals surface area contributed by atoms with E-state index in [1.165, 1.54) is 11.0 Å². The molecule has 1 aliphatic rings. The predicted molar refractivity (Wildman–Crippen MR) is 92.4 cm³/mol. The molecule has 2 N–H and O–H groups in total. The molecule has 0 aliphatic carbocycles. The quantitative estimate of drug-likeness (QED) is 0.847. The molecule has 1 heterocycles. The summed E-state index contributed by atoms with van der Waals surface area (Å²) in [6, 6.07) is 15.5. The second-order valence-electron chi connectivity index (χ2n) is 5.92. The Bertz CT molecular complexity index is 751. The summed E-state index contributed by atoms with van der Waals surface area (Å²) in [6.07, 6.45) is 0.543. The summed E-state index contributed by atoms with van der Waals surface area (Å²) in [4.78, 5) is 25.0. The molecule has 2 aromatic rings. The highest BCUT2D eigenvalue weighted by atomic mass is 19.1. The van der Waals surface area contributed by atoms with Crippen molar-refractivity contribution < 1.29 is 14.0 Å². The average Bonchev–Trinajstić information content (AvgIpc) is 3.06. The summed E-state index contributed by atoms with van der Waals surface area (Å²) in [7, 11) is 0. The van der Waals surface area contributed by atoms with Gasteiger partial charge in [0.25, 0.3) is 0 Å². The Labute approximate surface area is 145 Å². The van der Waals surface area contributed by atoms with Crippen molar-refractivity contribution >= 4 is 11.9 Å². The second-order valence-corrected chi connectivity index (χ2v) is 5.92. The van der Waals surface area contributed by atoms with Gasteiger partial charge in [-0.2, -0.15) is 0 Å². The number of carbonyl (C=O) groups excluding carboxylic acids is 2. The van der Waals surface area contributed by atoms with Gasteiger partial charge in [-0.15, -0.1) is 0 Å². The van der Waals surface area contributed by atoms with Crippen LogP contribution in [0.15, 0.2) is 54.6 Å². The fraction of sp³-hybridized carbons (Fsp3) is 0.263. The number of benzene rings is 2. The Kier molecular flexibility index (Phi) is 5.40. The Morgan fingerprint density at radius 3 is 2.56 bits per heavy atom. The van der Waals surface area contributed by atoms with Gasteiger partial charge in [0.05, 0.1) is 6.54 Å². The minimum absolute atomic E-state index is 0.0285. The molecule has 2 aromatic carbocycles. The molecule has 3 rings (SSSR count). The SMILES string of the molecule is O=C(CNC(Cc1ccccc1)c1ccccc1F)N1CCNC1=O. The van der Waals surface area contributed by atoms with Crippen LogP contribution in [-0.4, -0.2) is 36.5 Å². The van der Waals surface area contributed by atoms with Gasteiger partial charge in [0.1, 0.15) is 5.82 Å². The van der Waals surface area contributed by atoms with E-state index >= 15 is 0 Å². The van der Waals surface area contributed by atoms with Gasteiger partial charge in [-0.3, -0.25) is 9.69 Å². The molecule has 130 valence electrons. The molecule has 0 aromatic heterocycles. The van der Waals surface area contributed by atoms with E-state index in [9.17, 15) is 14.0 Å². The summed E-state index contributed by atoms with van der Waals surface area (Å²) < 4.78 is 14.2. The van der Waals surface area contributed by atoms with Crippen molar-refractivity contribution in [2.24, 2.45) is 0 Å². The molecule has 1 unspecified atom stereocenters. The molecule has 1 saturated heterocycles. The first-order chi connectivity index (χ1) is 12.1. The number of hydrogen-bond acceptors (Lipinski definition) is 3. The lowest BCUT2D eigenvalue weighted by Gasteiger charge is -2.21. The maximum absolute atomic E-state index is 14.2. The van der Waals surface area contributed by atoms with Crippen molar-refractivity contribution in [1.29, 1.82) is 0 Å². The lowest BCUT2D eigenvalue weighted by molar-refractivity contribution is -0.126. The van der Waals surface area contributed by atoms with Crippen LogP contribution in [0.1, 0.15) is 17.2 Å². The zero-order valence-corrected chi connectivity index (χ0v) is 13.7. The summed E-state index contributed by atoms with van der Waals surface area (Å²) >= 11 is 0. The molecular formula is C19H20FN3O2. The van der Waals surface area contributed by atoms with Crippen LogP contribution in [0.25, 0.3) is 0 Å². The van der Waals surface area contributed by atoms with Crippen LogP contribution in [0.5, 0.6) is 0 Å². The van der Waals surface area contributed by atoms with Crippen LogP contribution in [0.3, 0.4) is 0 Å². The molecule has 0 radical (unpaired) electrons. The van der Waals surface area contributed by atoms with Crippen LogP contribution < -0.4 is 10.6 Å². The van der Waals surface area contributed by atoms with Crippen molar-refractivity contribution in [3.63, 3.8) is 0 Å². The first-order valence-corrected chi connectivity index (χ1v) is 8.25. The van der Waals surface area contributed by atoms with E-state index in [1.54, 1.807) is 18.2 Å². The number of halogens is 1. The monoisotopic (exact) mass is 341 g/mol. The molecule has 25 heavy (non-hydrogen) atoms. The molecule has 5 nitrogen and oxygen atoms in total. The molecule has 6 heteroatoms. The predicted octanol–water partition coefficient (Wildman–Crippen LogP) is 2.25. The van der Waals surface area contributed by atoms with Crippen LogP contribution in [0.2, 0.25) is 0 Å². The minimum atomic E-state index is -0.377. The third kappa shape index (κ3) is 4.22. The van der Waals surface area contributed by atoms with Gasteiger partial charge in [0.15, 0.2) is 0 Å². The smallest absolute Gasteiger partial charge is 0.324 e. The van der Waals surface area contributed by atoms with E-state index in [0.29, 0.717) is 25.1 Å². The van der Waals surface area contributed by atoms with Crippen molar-refractivity contribution in [2.75, 3.05) is 19.6 Å². The van der Waals surface area contributed by atoms with Gasteiger partial charge in [-0.25, -0.2) is 9.18 Å². The summed E-state index contributed by atoms with van der Waals surface area (Å²) in [5, 5.41) is 5.71. The number of rotatable bonds is 6. The standard InChI is InChI=1S/C19H20FN3O2/c20-16-9-5-4-8-15(16)17(12-14-6-2-1-3-7-14)22-13-18(24)23-11-10-21-19(23)25/h1-9,17,22H,10-13H2,(H,21,25). The normalized spacial score (nSPS) is 15.1. The van der Waals surface area contributed by atoms with E-state index < -0.39 is 0 Å². The number of nitrogens with zero attached hydrogens (tertiary/aromatic N) is 1. The number of nitrogens with one attached hydrogen (secondary N) is 2. The van der Waals surface area contributed by atoms with E-state index in [4.69, 9.17) is 0 Å². The summed E-state index contributed by atoms with van der Waals surface area (Å²) in [5.41, 5.74) is 1.54. The molecule has 1 atom stereocenters. The van der Waals surface area contributed by atoms with Crippen LogP contribution in [0, 0.1) is 5.82 Å². The highest BCUT2D eigenvalue weighted by Crippen LogP contribution is 2.21. The molecule has 3 amide bonds. The van der Waals surface area contributed by atoms with E-state index in [-0.39, 0.29) is 30.3 Å². The lowest BCUT2D eigenvalue weighted by atomic mass is 9.98. The summed E-state index contributed by atoms with van der Waals surface area (Å²) in [5.74, 6) is -0.633. The first-order valence-electron chi connectivity index (χ1n) is 8.25. The second kappa shape index (κ2) is 7.90. The Balaban J connectivity index is 1.73. The van der Waals surface area contributed by atoms with E-state index in [0.717, 1.165) is 5.56 Å². The van der Waals surface area contributed by atoms with Crippen LogP contribution >= 0.6 is 0 Å². The lowest BCUT2D eigenvalue weighted by Crippen LogP contribution is -2.41. The van der Waals surface area contributed by atoms with Crippen molar-refractivity contribution in [3.05, 3.63) is 71.5 Å². The van der Waals surface area contributed by atoms with Crippen molar-refractivity contribution in [3.8, 4) is 0 Å². The number of amides is 3. The first kappa shape index (κ1) is 17.1. The number of urea groups is 1. The summed E-state index contributed by atoms with van der Waals surface area (Å²) in [6.45, 7) is 0.799. The maximum Gasteiger partial charge on any atom is 0.324 e. The van der Waals surface area contributed by atoms with Gasteiger partial charge in [0.2, 0.25) is 5.91 Å². The highest BCUT2D eigenvalue weighted by molar-refractivity contribution is 5.96. The van der Waals surface area contributed by atoms with Crippen molar-refractivity contribution in [1.82, 2.24) is 15.5 Å². The molecule has 1 aliphatic heterocycles. The van der Waals surface area contributed by atoms with Gasteiger partial charge >= 0.3 is 6.03 Å². The minimum Gasteiger partial charge on any atom is -0.336 e. The third-order valence-electron chi connectivity index (χ3n) is 4.22. The molecular weight excluding hydrogens is 321 g/mol. The van der Waals surface area contributed by atoms with Gasteiger partial charge in [0, 0.05) is 24.7 Å². The Hall–Kier alpha value is -2.73. The average molecular weight is 341 g/mol. The third-order valence-corrected chi connectivity index (χ3v) is 4.22. The fourth-order valence-electron chi connectivity index (χ4n) is 2.92. The van der Waals surface area contributed by atoms with E-state index in [1.807, 2.05) is 30.3 Å². The van der Waals surface area contributed by atoms with Crippen molar-refractivity contribution in [2.45, 2.75) is 12.5 Å². The molecule has 0 bridgehead atoms. The Morgan fingerprint density at radius 2 is 1.88 bits per heavy atom. The van der Waals surface area contributed by atoms with Crippen LogP contribution in [0.4, 0.5) is 9.18 Å². The molecule has 1 fully saturated rings. The largest absolute Gasteiger partial charge is 0.336 e. The topological polar surface area (TPSA) is 61.4 Å². The fourth-order valence-corrected chi connectivity index (χ4v) is 2.92. The maximum atomic E-state index is 14.2. The molecule has 0 saturated carbocycles. The number of hydrogen-bond donors (Lipinski definition) is 2.